The fourth-order valence-electron chi connectivity index (χ4n) is 4.27. The summed E-state index contributed by atoms with van der Waals surface area (Å²) in [5, 5.41) is 3.60. The molecule has 0 saturated carbocycles. The highest BCUT2D eigenvalue weighted by atomic mass is 15.2. The summed E-state index contributed by atoms with van der Waals surface area (Å²) < 4.78 is 0. The van der Waals surface area contributed by atoms with Gasteiger partial charge in [-0.3, -0.25) is 4.90 Å². The van der Waals surface area contributed by atoms with Crippen molar-refractivity contribution in [2.24, 2.45) is 17.3 Å². The molecule has 0 spiro atoms. The van der Waals surface area contributed by atoms with Crippen LogP contribution in [0, 0.1) is 17.3 Å². The molecule has 2 unspecified atom stereocenters. The third-order valence-corrected chi connectivity index (χ3v) is 5.68. The average Bonchev–Trinajstić information content (AvgIpc) is 2.38. The fourth-order valence-corrected chi connectivity index (χ4v) is 4.27. The Morgan fingerprint density at radius 2 is 1.80 bits per heavy atom. The topological polar surface area (TPSA) is 15.3 Å². The molecular weight excluding hydrogens is 244 g/mol. The van der Waals surface area contributed by atoms with Crippen LogP contribution in [-0.4, -0.2) is 36.6 Å². The molecule has 2 heterocycles. The SMILES string of the molecule is CC(C)(CC1CCCN(C(C)(C)C)C1)C1CCCNC1. The van der Waals surface area contributed by atoms with Crippen molar-refractivity contribution in [3.63, 3.8) is 0 Å². The van der Waals surface area contributed by atoms with E-state index in [0.717, 1.165) is 11.8 Å². The van der Waals surface area contributed by atoms with Gasteiger partial charge < -0.3 is 5.32 Å². The van der Waals surface area contributed by atoms with Gasteiger partial charge in [-0.05, 0) is 89.8 Å². The normalized spacial score (nSPS) is 30.4. The third kappa shape index (κ3) is 4.21. The van der Waals surface area contributed by atoms with Crippen LogP contribution in [0.5, 0.6) is 0 Å². The summed E-state index contributed by atoms with van der Waals surface area (Å²) in [6.07, 6.45) is 7.03. The highest BCUT2D eigenvalue weighted by Crippen LogP contribution is 2.40. The Hall–Kier alpha value is -0.0800. The van der Waals surface area contributed by atoms with Crippen LogP contribution >= 0.6 is 0 Å². The van der Waals surface area contributed by atoms with Crippen LogP contribution in [0.2, 0.25) is 0 Å². The molecule has 118 valence electrons. The first kappa shape index (κ1) is 16.3. The van der Waals surface area contributed by atoms with E-state index < -0.39 is 0 Å². The minimum absolute atomic E-state index is 0.342. The van der Waals surface area contributed by atoms with Crippen molar-refractivity contribution in [1.29, 1.82) is 0 Å². The molecule has 0 aliphatic carbocycles. The van der Waals surface area contributed by atoms with Crippen molar-refractivity contribution in [1.82, 2.24) is 10.2 Å². The van der Waals surface area contributed by atoms with Crippen molar-refractivity contribution in [3.8, 4) is 0 Å². The zero-order chi connectivity index (χ0) is 14.8. The zero-order valence-corrected chi connectivity index (χ0v) is 14.5. The maximum atomic E-state index is 3.60. The summed E-state index contributed by atoms with van der Waals surface area (Å²) in [6.45, 7) is 17.2. The monoisotopic (exact) mass is 280 g/mol. The molecule has 2 nitrogen and oxygen atoms in total. The largest absolute Gasteiger partial charge is 0.316 e. The van der Waals surface area contributed by atoms with Crippen molar-refractivity contribution < 1.29 is 0 Å². The minimum Gasteiger partial charge on any atom is -0.316 e. The first-order chi connectivity index (χ1) is 9.29. The Bertz CT molecular complexity index is 297. The van der Waals surface area contributed by atoms with Crippen LogP contribution in [0.4, 0.5) is 0 Å². The average molecular weight is 280 g/mol. The summed E-state index contributed by atoms with van der Waals surface area (Å²) in [4.78, 5) is 2.70. The second kappa shape index (κ2) is 6.36. The first-order valence-corrected chi connectivity index (χ1v) is 8.75. The summed E-state index contributed by atoms with van der Waals surface area (Å²) in [5.74, 6) is 1.78. The van der Waals surface area contributed by atoms with Crippen molar-refractivity contribution in [3.05, 3.63) is 0 Å². The molecule has 20 heavy (non-hydrogen) atoms. The summed E-state index contributed by atoms with van der Waals surface area (Å²) in [6, 6.07) is 0. The Morgan fingerprint density at radius 3 is 2.40 bits per heavy atom. The van der Waals surface area contributed by atoms with E-state index in [1.165, 1.54) is 58.3 Å². The summed E-state index contributed by atoms with van der Waals surface area (Å²) in [7, 11) is 0. The maximum absolute atomic E-state index is 3.60. The van der Waals surface area contributed by atoms with E-state index in [1.807, 2.05) is 0 Å². The third-order valence-electron chi connectivity index (χ3n) is 5.68. The number of piperidine rings is 2. The molecule has 2 aliphatic rings. The molecule has 0 aromatic heterocycles. The molecule has 0 aromatic carbocycles. The molecule has 2 fully saturated rings. The van der Waals surface area contributed by atoms with Gasteiger partial charge in [0.15, 0.2) is 0 Å². The van der Waals surface area contributed by atoms with E-state index >= 15 is 0 Å². The lowest BCUT2D eigenvalue weighted by Crippen LogP contribution is -2.48. The first-order valence-electron chi connectivity index (χ1n) is 8.75. The fraction of sp³-hybridized carbons (Fsp3) is 1.00. The zero-order valence-electron chi connectivity index (χ0n) is 14.5. The van der Waals surface area contributed by atoms with Crippen LogP contribution in [-0.2, 0) is 0 Å². The molecule has 2 aliphatic heterocycles. The minimum atomic E-state index is 0.342. The molecule has 0 aromatic rings. The van der Waals surface area contributed by atoms with E-state index in [0.29, 0.717) is 11.0 Å². The number of hydrogen-bond donors (Lipinski definition) is 1. The summed E-state index contributed by atoms with van der Waals surface area (Å²) >= 11 is 0. The van der Waals surface area contributed by atoms with Gasteiger partial charge in [-0.1, -0.05) is 13.8 Å². The molecule has 2 saturated heterocycles. The smallest absolute Gasteiger partial charge is 0.0125 e. The van der Waals surface area contributed by atoms with Gasteiger partial charge in [0.2, 0.25) is 0 Å². The Balaban J connectivity index is 1.91. The van der Waals surface area contributed by atoms with Gasteiger partial charge in [0.05, 0.1) is 0 Å². The Morgan fingerprint density at radius 1 is 1.05 bits per heavy atom. The van der Waals surface area contributed by atoms with Crippen LogP contribution in [0.3, 0.4) is 0 Å². The van der Waals surface area contributed by atoms with Crippen LogP contribution in [0.15, 0.2) is 0 Å². The van der Waals surface area contributed by atoms with E-state index in [2.05, 4.69) is 44.8 Å². The highest BCUT2D eigenvalue weighted by molar-refractivity contribution is 4.89. The molecule has 2 rings (SSSR count). The van der Waals surface area contributed by atoms with E-state index in [-0.39, 0.29) is 0 Å². The maximum Gasteiger partial charge on any atom is 0.0125 e. The second-order valence-corrected chi connectivity index (χ2v) is 8.86. The van der Waals surface area contributed by atoms with Crippen LogP contribution in [0.25, 0.3) is 0 Å². The lowest BCUT2D eigenvalue weighted by atomic mass is 9.69. The van der Waals surface area contributed by atoms with Gasteiger partial charge in [0, 0.05) is 12.1 Å². The standard InChI is InChI=1S/C18H36N2/c1-17(2,3)20-11-7-8-15(14-20)12-18(4,5)16-9-6-10-19-13-16/h15-16,19H,6-14H2,1-5H3. The number of likely N-dealkylation sites (tertiary alicyclic amines) is 1. The van der Waals surface area contributed by atoms with Crippen molar-refractivity contribution in [2.45, 2.75) is 72.3 Å². The molecule has 2 atom stereocenters. The molecular formula is C18H36N2. The van der Waals surface area contributed by atoms with Gasteiger partial charge >= 0.3 is 0 Å². The second-order valence-electron chi connectivity index (χ2n) is 8.86. The van der Waals surface area contributed by atoms with E-state index in [4.69, 9.17) is 0 Å². The van der Waals surface area contributed by atoms with E-state index in [9.17, 15) is 0 Å². The van der Waals surface area contributed by atoms with Crippen LogP contribution < -0.4 is 5.32 Å². The Kier molecular flexibility index (Phi) is 5.18. The van der Waals surface area contributed by atoms with Crippen molar-refractivity contribution in [2.75, 3.05) is 26.2 Å². The molecule has 0 bridgehead atoms. The molecule has 0 amide bonds. The molecule has 2 heteroatoms. The van der Waals surface area contributed by atoms with Crippen molar-refractivity contribution >= 4 is 0 Å². The van der Waals surface area contributed by atoms with Gasteiger partial charge in [-0.2, -0.15) is 0 Å². The van der Waals surface area contributed by atoms with Crippen LogP contribution in [0.1, 0.15) is 66.7 Å². The number of rotatable bonds is 3. The number of nitrogens with one attached hydrogen (secondary N) is 1. The Labute approximate surface area is 126 Å². The van der Waals surface area contributed by atoms with Gasteiger partial charge in [-0.15, -0.1) is 0 Å². The van der Waals surface area contributed by atoms with Gasteiger partial charge in [-0.25, -0.2) is 0 Å². The number of nitrogens with zero attached hydrogens (tertiary/aromatic N) is 1. The predicted octanol–water partition coefficient (Wildman–Crippen LogP) is 3.91. The number of hydrogen-bond acceptors (Lipinski definition) is 2. The summed E-state index contributed by atoms with van der Waals surface area (Å²) in [5.41, 5.74) is 0.841. The van der Waals surface area contributed by atoms with Gasteiger partial charge in [0.25, 0.3) is 0 Å². The van der Waals surface area contributed by atoms with E-state index in [1.54, 1.807) is 0 Å². The molecule has 1 N–H and O–H groups in total. The highest BCUT2D eigenvalue weighted by Gasteiger charge is 2.35. The molecule has 0 radical (unpaired) electrons. The predicted molar refractivity (Wildman–Crippen MR) is 88.0 cm³/mol. The quantitative estimate of drug-likeness (QED) is 0.843. The lowest BCUT2D eigenvalue weighted by molar-refractivity contribution is 0.0463. The lowest BCUT2D eigenvalue weighted by Gasteiger charge is -2.45. The van der Waals surface area contributed by atoms with Gasteiger partial charge in [0.1, 0.15) is 0 Å².